The molecule has 1 aromatic rings. The molecule has 0 aromatic heterocycles. The Morgan fingerprint density at radius 3 is 2.85 bits per heavy atom. The van der Waals surface area contributed by atoms with Crippen LogP contribution in [-0.2, 0) is 16.1 Å². The van der Waals surface area contributed by atoms with Gasteiger partial charge in [0.2, 0.25) is 5.91 Å². The van der Waals surface area contributed by atoms with E-state index in [1.807, 2.05) is 24.3 Å². The minimum absolute atomic E-state index is 0.0196. The second kappa shape index (κ2) is 6.72. The molecule has 20 heavy (non-hydrogen) atoms. The van der Waals surface area contributed by atoms with Crippen molar-refractivity contribution < 1.29 is 14.3 Å². The highest BCUT2D eigenvalue weighted by atomic mass is 16.5. The monoisotopic (exact) mass is 278 g/mol. The molecule has 1 aromatic carbocycles. The van der Waals surface area contributed by atoms with Crippen molar-refractivity contribution in [1.82, 2.24) is 5.32 Å². The average Bonchev–Trinajstić information content (AvgIpc) is 2.53. The van der Waals surface area contributed by atoms with Crippen LogP contribution in [0.5, 0.6) is 5.75 Å². The molecule has 1 aliphatic rings. The molecule has 1 heterocycles. The summed E-state index contributed by atoms with van der Waals surface area (Å²) in [5.41, 5.74) is 6.35. The smallest absolute Gasteiger partial charge is 0.227 e. The first-order chi connectivity index (χ1) is 9.70. The highest BCUT2D eigenvalue weighted by Crippen LogP contribution is 2.29. The molecule has 0 radical (unpaired) electrons. The number of ether oxygens (including phenoxy) is 2. The standard InChI is InChI=1S/C15H22N2O3/c1-19-13-4-2-3-12(9-13)10-17-14(18)15(11-16)5-7-20-8-6-15/h2-4,9H,5-8,10-11,16H2,1H3,(H,17,18). The van der Waals surface area contributed by atoms with Crippen molar-refractivity contribution in [3.63, 3.8) is 0 Å². The first-order valence-corrected chi connectivity index (χ1v) is 6.89. The Bertz CT molecular complexity index is 456. The summed E-state index contributed by atoms with van der Waals surface area (Å²) in [7, 11) is 1.63. The molecule has 1 saturated heterocycles. The van der Waals surface area contributed by atoms with Gasteiger partial charge in [0.1, 0.15) is 5.75 Å². The summed E-state index contributed by atoms with van der Waals surface area (Å²) in [5.74, 6) is 0.808. The van der Waals surface area contributed by atoms with Crippen molar-refractivity contribution in [2.24, 2.45) is 11.1 Å². The van der Waals surface area contributed by atoms with Crippen LogP contribution in [0.2, 0.25) is 0 Å². The van der Waals surface area contributed by atoms with Gasteiger partial charge in [0.25, 0.3) is 0 Å². The first-order valence-electron chi connectivity index (χ1n) is 6.89. The highest BCUT2D eigenvalue weighted by molar-refractivity contribution is 5.83. The lowest BCUT2D eigenvalue weighted by molar-refractivity contribution is -0.136. The summed E-state index contributed by atoms with van der Waals surface area (Å²) in [5, 5.41) is 2.98. The number of rotatable bonds is 5. The number of hydrogen-bond acceptors (Lipinski definition) is 4. The van der Waals surface area contributed by atoms with E-state index in [9.17, 15) is 4.79 Å². The van der Waals surface area contributed by atoms with Crippen LogP contribution in [0, 0.1) is 5.41 Å². The van der Waals surface area contributed by atoms with Crippen LogP contribution in [0.4, 0.5) is 0 Å². The number of carbonyl (C=O) groups is 1. The van der Waals surface area contributed by atoms with E-state index in [0.717, 1.165) is 11.3 Å². The maximum atomic E-state index is 12.4. The Morgan fingerprint density at radius 2 is 2.20 bits per heavy atom. The van der Waals surface area contributed by atoms with Crippen LogP contribution in [0.1, 0.15) is 18.4 Å². The minimum atomic E-state index is -0.475. The van der Waals surface area contributed by atoms with Crippen LogP contribution in [0.15, 0.2) is 24.3 Å². The molecule has 0 atom stereocenters. The molecule has 3 N–H and O–H groups in total. The molecule has 1 amide bonds. The number of nitrogens with one attached hydrogen (secondary N) is 1. The summed E-state index contributed by atoms with van der Waals surface area (Å²) in [4.78, 5) is 12.4. The van der Waals surface area contributed by atoms with E-state index in [-0.39, 0.29) is 5.91 Å². The van der Waals surface area contributed by atoms with Gasteiger partial charge in [-0.3, -0.25) is 4.79 Å². The van der Waals surface area contributed by atoms with Crippen LogP contribution >= 0.6 is 0 Å². The summed E-state index contributed by atoms with van der Waals surface area (Å²) in [6, 6.07) is 7.67. The Hall–Kier alpha value is -1.59. The normalized spacial score (nSPS) is 17.5. The van der Waals surface area contributed by atoms with Gasteiger partial charge in [-0.2, -0.15) is 0 Å². The fourth-order valence-corrected chi connectivity index (χ4v) is 2.44. The molecule has 2 rings (SSSR count). The Kier molecular flexibility index (Phi) is 4.98. The fraction of sp³-hybridized carbons (Fsp3) is 0.533. The topological polar surface area (TPSA) is 73.6 Å². The molecular formula is C15H22N2O3. The largest absolute Gasteiger partial charge is 0.497 e. The Morgan fingerprint density at radius 1 is 1.45 bits per heavy atom. The van der Waals surface area contributed by atoms with Gasteiger partial charge in [0.15, 0.2) is 0 Å². The maximum absolute atomic E-state index is 12.4. The van der Waals surface area contributed by atoms with Crippen LogP contribution < -0.4 is 15.8 Å². The molecule has 0 spiro atoms. The van der Waals surface area contributed by atoms with E-state index in [4.69, 9.17) is 15.2 Å². The molecular weight excluding hydrogens is 256 g/mol. The Labute approximate surface area is 119 Å². The third-order valence-electron chi connectivity index (χ3n) is 3.91. The van der Waals surface area contributed by atoms with Crippen LogP contribution in [0.3, 0.4) is 0 Å². The van der Waals surface area contributed by atoms with Gasteiger partial charge in [0, 0.05) is 26.3 Å². The summed E-state index contributed by atoms with van der Waals surface area (Å²) >= 11 is 0. The van der Waals surface area contributed by atoms with Gasteiger partial charge >= 0.3 is 0 Å². The zero-order valence-corrected chi connectivity index (χ0v) is 11.9. The van der Waals surface area contributed by atoms with Crippen molar-refractivity contribution in [3.8, 4) is 5.75 Å². The van der Waals surface area contributed by atoms with Gasteiger partial charge < -0.3 is 20.5 Å². The SMILES string of the molecule is COc1cccc(CNC(=O)C2(CN)CCOCC2)c1. The van der Waals surface area contributed by atoms with Crippen molar-refractivity contribution in [1.29, 1.82) is 0 Å². The molecule has 0 bridgehead atoms. The second-order valence-corrected chi connectivity index (χ2v) is 5.13. The third kappa shape index (κ3) is 3.29. The zero-order valence-electron chi connectivity index (χ0n) is 11.9. The van der Waals surface area contributed by atoms with E-state index in [0.29, 0.717) is 39.1 Å². The molecule has 0 saturated carbocycles. The quantitative estimate of drug-likeness (QED) is 0.845. The van der Waals surface area contributed by atoms with E-state index >= 15 is 0 Å². The number of benzene rings is 1. The van der Waals surface area contributed by atoms with E-state index < -0.39 is 5.41 Å². The number of methoxy groups -OCH3 is 1. The summed E-state index contributed by atoms with van der Waals surface area (Å²) in [6.07, 6.45) is 1.38. The molecule has 5 heteroatoms. The average molecular weight is 278 g/mol. The van der Waals surface area contributed by atoms with E-state index in [1.165, 1.54) is 0 Å². The van der Waals surface area contributed by atoms with E-state index in [2.05, 4.69) is 5.32 Å². The van der Waals surface area contributed by atoms with Crippen molar-refractivity contribution in [2.75, 3.05) is 26.9 Å². The van der Waals surface area contributed by atoms with E-state index in [1.54, 1.807) is 7.11 Å². The van der Waals surface area contributed by atoms with Gasteiger partial charge in [0.05, 0.1) is 12.5 Å². The molecule has 0 unspecified atom stereocenters. The van der Waals surface area contributed by atoms with Gasteiger partial charge in [-0.15, -0.1) is 0 Å². The summed E-state index contributed by atoms with van der Waals surface area (Å²) in [6.45, 7) is 2.05. The highest BCUT2D eigenvalue weighted by Gasteiger charge is 2.38. The molecule has 1 aliphatic heterocycles. The molecule has 110 valence electrons. The molecule has 1 fully saturated rings. The van der Waals surface area contributed by atoms with Gasteiger partial charge in [-0.25, -0.2) is 0 Å². The second-order valence-electron chi connectivity index (χ2n) is 5.13. The van der Waals surface area contributed by atoms with Crippen molar-refractivity contribution in [3.05, 3.63) is 29.8 Å². The maximum Gasteiger partial charge on any atom is 0.227 e. The predicted molar refractivity (Wildman–Crippen MR) is 76.4 cm³/mol. The molecule has 5 nitrogen and oxygen atoms in total. The number of nitrogens with two attached hydrogens (primary N) is 1. The number of amides is 1. The van der Waals surface area contributed by atoms with Gasteiger partial charge in [-0.1, -0.05) is 12.1 Å². The zero-order chi connectivity index (χ0) is 14.4. The fourth-order valence-electron chi connectivity index (χ4n) is 2.44. The third-order valence-corrected chi connectivity index (χ3v) is 3.91. The summed E-state index contributed by atoms with van der Waals surface area (Å²) < 4.78 is 10.5. The lowest BCUT2D eigenvalue weighted by Gasteiger charge is -2.34. The predicted octanol–water partition coefficient (Wildman–Crippen LogP) is 1.07. The minimum Gasteiger partial charge on any atom is -0.497 e. The van der Waals surface area contributed by atoms with Gasteiger partial charge in [-0.05, 0) is 30.5 Å². The lowest BCUT2D eigenvalue weighted by Crippen LogP contribution is -2.48. The van der Waals surface area contributed by atoms with Crippen LogP contribution in [0.25, 0.3) is 0 Å². The van der Waals surface area contributed by atoms with Crippen molar-refractivity contribution >= 4 is 5.91 Å². The first kappa shape index (κ1) is 14.8. The van der Waals surface area contributed by atoms with Crippen molar-refractivity contribution in [2.45, 2.75) is 19.4 Å². The number of hydrogen-bond donors (Lipinski definition) is 2. The Balaban J connectivity index is 1.96. The van der Waals surface area contributed by atoms with Crippen LogP contribution in [-0.4, -0.2) is 32.8 Å². The molecule has 0 aliphatic carbocycles. The number of carbonyl (C=O) groups excluding carboxylic acids is 1. The lowest BCUT2D eigenvalue weighted by atomic mass is 9.79.